The molecular formula is C40H50ClN5O5. The minimum absolute atomic E-state index is 0.0115. The summed E-state index contributed by atoms with van der Waals surface area (Å²) in [6.07, 6.45) is 8.03. The van der Waals surface area contributed by atoms with E-state index in [1.165, 1.54) is 24.2 Å². The Balaban J connectivity index is 1.23. The zero-order valence-electron chi connectivity index (χ0n) is 29.3. The molecule has 0 radical (unpaired) electrons. The number of ether oxygens (including phenoxy) is 2. The molecule has 3 aromatic carbocycles. The molecule has 1 heterocycles. The lowest BCUT2D eigenvalue weighted by atomic mass is 9.61. The Kier molecular flexibility index (Phi) is 13.9. The fourth-order valence-electron chi connectivity index (χ4n) is 7.54. The molecule has 272 valence electrons. The van der Waals surface area contributed by atoms with Crippen molar-refractivity contribution in [3.8, 4) is 0 Å². The highest BCUT2D eigenvalue weighted by atomic mass is 35.5. The largest absolute Gasteiger partial charge is 0.444 e. The second-order valence-electron chi connectivity index (χ2n) is 13.8. The molecule has 0 aromatic heterocycles. The van der Waals surface area contributed by atoms with Crippen LogP contribution in [0.15, 0.2) is 89.9 Å². The van der Waals surface area contributed by atoms with Crippen LogP contribution < -0.4 is 11.5 Å². The van der Waals surface area contributed by atoms with Gasteiger partial charge in [0.15, 0.2) is 0 Å². The normalized spacial score (nSPS) is 17.0. The maximum absolute atomic E-state index is 13.4. The van der Waals surface area contributed by atoms with Gasteiger partial charge < -0.3 is 25.8 Å². The van der Waals surface area contributed by atoms with Crippen molar-refractivity contribution < 1.29 is 23.9 Å². The van der Waals surface area contributed by atoms with Crippen molar-refractivity contribution in [2.75, 3.05) is 19.6 Å². The van der Waals surface area contributed by atoms with Gasteiger partial charge in [0.2, 0.25) is 11.9 Å². The van der Waals surface area contributed by atoms with Gasteiger partial charge in [0, 0.05) is 24.7 Å². The Morgan fingerprint density at radius 3 is 2.04 bits per heavy atom. The summed E-state index contributed by atoms with van der Waals surface area (Å²) in [5, 5.41) is 0.650. The summed E-state index contributed by atoms with van der Waals surface area (Å²) in [5.41, 5.74) is 15.3. The van der Waals surface area contributed by atoms with Crippen LogP contribution in [-0.2, 0) is 33.9 Å². The predicted molar refractivity (Wildman–Crippen MR) is 199 cm³/mol. The molecule has 1 atom stereocenters. The topological polar surface area (TPSA) is 141 Å². The standard InChI is InChI=1S/C40H50ClN5O5/c41-34-19-17-30(18-20-34)27-35(42)36(47)45-25-22-40(23-26-45,33-15-8-3-9-16-33)21-10-24-46(39(49)51-29-32-13-6-2-7-14-32)37(43)44-38(48)50-28-31-11-4-1-5-12-31/h1-2,4-7,11-14,17-20,33,35H,3,8-10,15-16,21-29,42H2,(H2,43,44,48). The van der Waals surface area contributed by atoms with Crippen LogP contribution in [0.25, 0.3) is 0 Å². The number of halogens is 1. The van der Waals surface area contributed by atoms with Crippen molar-refractivity contribution in [2.45, 2.75) is 83.5 Å². The maximum Gasteiger partial charge on any atom is 0.437 e. The van der Waals surface area contributed by atoms with E-state index in [0.29, 0.717) is 36.9 Å². The molecule has 10 nitrogen and oxygen atoms in total. The maximum atomic E-state index is 13.4. The molecule has 1 aliphatic carbocycles. The van der Waals surface area contributed by atoms with Crippen molar-refractivity contribution in [2.24, 2.45) is 27.8 Å². The number of rotatable bonds is 12. The molecule has 2 aliphatic rings. The van der Waals surface area contributed by atoms with Crippen LogP contribution in [0.2, 0.25) is 5.02 Å². The van der Waals surface area contributed by atoms with Gasteiger partial charge in [-0.2, -0.15) is 0 Å². The first-order valence-electron chi connectivity index (χ1n) is 18.0. The zero-order valence-corrected chi connectivity index (χ0v) is 30.0. The summed E-state index contributed by atoms with van der Waals surface area (Å²) in [6.45, 7) is 1.59. The number of likely N-dealkylation sites (tertiary alicyclic amines) is 1. The van der Waals surface area contributed by atoms with Gasteiger partial charge in [-0.25, -0.2) is 14.5 Å². The highest BCUT2D eigenvalue weighted by Gasteiger charge is 2.42. The highest BCUT2D eigenvalue weighted by molar-refractivity contribution is 6.30. The van der Waals surface area contributed by atoms with Crippen molar-refractivity contribution in [3.05, 3.63) is 107 Å². The predicted octanol–water partition coefficient (Wildman–Crippen LogP) is 7.47. The van der Waals surface area contributed by atoms with Crippen molar-refractivity contribution in [3.63, 3.8) is 0 Å². The monoisotopic (exact) mass is 715 g/mol. The van der Waals surface area contributed by atoms with Gasteiger partial charge >= 0.3 is 12.2 Å². The number of benzene rings is 3. The third-order valence-corrected chi connectivity index (χ3v) is 10.6. The number of carbonyl (C=O) groups is 3. The van der Waals surface area contributed by atoms with Crippen LogP contribution >= 0.6 is 11.6 Å². The molecule has 1 saturated heterocycles. The van der Waals surface area contributed by atoms with E-state index in [1.807, 2.05) is 89.8 Å². The lowest BCUT2D eigenvalue weighted by Gasteiger charge is -2.49. The van der Waals surface area contributed by atoms with Gasteiger partial charge in [-0.05, 0) is 85.1 Å². The van der Waals surface area contributed by atoms with Crippen LogP contribution in [0, 0.1) is 11.3 Å². The van der Waals surface area contributed by atoms with Gasteiger partial charge in [0.25, 0.3) is 0 Å². The molecule has 1 saturated carbocycles. The van der Waals surface area contributed by atoms with Gasteiger partial charge in [-0.3, -0.25) is 4.79 Å². The average molecular weight is 716 g/mol. The smallest absolute Gasteiger partial charge is 0.437 e. The SMILES string of the molecule is N/C(=N\C(=O)OCc1ccccc1)N(CCCC1(C2CCCCC2)CCN(C(=O)C(N)Cc2ccc(Cl)cc2)CC1)C(=O)OCc1ccccc1. The Hall–Kier alpha value is -4.41. The first kappa shape index (κ1) is 37.8. The van der Waals surface area contributed by atoms with Gasteiger partial charge in [0.05, 0.1) is 6.04 Å². The van der Waals surface area contributed by atoms with Crippen LogP contribution in [0.4, 0.5) is 9.59 Å². The van der Waals surface area contributed by atoms with Crippen LogP contribution in [0.3, 0.4) is 0 Å². The number of guanidine groups is 1. The number of aliphatic imine (C=N–C) groups is 1. The first-order valence-corrected chi connectivity index (χ1v) is 18.4. The third kappa shape index (κ3) is 11.0. The summed E-state index contributed by atoms with van der Waals surface area (Å²) < 4.78 is 10.9. The lowest BCUT2D eigenvalue weighted by Crippen LogP contribution is -2.52. The summed E-state index contributed by atoms with van der Waals surface area (Å²) in [6, 6.07) is 25.5. The third-order valence-electron chi connectivity index (χ3n) is 10.4. The molecule has 3 amide bonds. The number of hydrogen-bond acceptors (Lipinski definition) is 6. The first-order chi connectivity index (χ1) is 24.7. The Bertz CT molecular complexity index is 1590. The minimum Gasteiger partial charge on any atom is -0.444 e. The van der Waals surface area contributed by atoms with Crippen LogP contribution in [-0.4, -0.2) is 59.5 Å². The molecule has 4 N–H and O–H groups in total. The minimum atomic E-state index is -0.887. The van der Waals surface area contributed by atoms with Gasteiger partial charge in [0.1, 0.15) is 13.2 Å². The van der Waals surface area contributed by atoms with E-state index in [4.69, 9.17) is 32.5 Å². The molecule has 0 spiro atoms. The van der Waals surface area contributed by atoms with Crippen LogP contribution in [0.1, 0.15) is 74.5 Å². The van der Waals surface area contributed by atoms with E-state index in [0.717, 1.165) is 48.8 Å². The Morgan fingerprint density at radius 1 is 0.843 bits per heavy atom. The van der Waals surface area contributed by atoms with E-state index in [1.54, 1.807) is 0 Å². The number of nitrogens with two attached hydrogens (primary N) is 2. The molecule has 11 heteroatoms. The summed E-state index contributed by atoms with van der Waals surface area (Å²) in [5.74, 6) is 0.231. The molecular weight excluding hydrogens is 666 g/mol. The Labute approximate surface area is 306 Å². The molecule has 2 fully saturated rings. The van der Waals surface area contributed by atoms with Crippen molar-refractivity contribution in [1.29, 1.82) is 0 Å². The second kappa shape index (κ2) is 18.7. The number of carbonyl (C=O) groups excluding carboxylic acids is 3. The number of piperidine rings is 1. The number of hydrogen-bond donors (Lipinski definition) is 2. The van der Waals surface area contributed by atoms with Gasteiger partial charge in [-0.15, -0.1) is 4.99 Å². The van der Waals surface area contributed by atoms with Gasteiger partial charge in [-0.1, -0.05) is 104 Å². The summed E-state index contributed by atoms with van der Waals surface area (Å²) in [7, 11) is 0. The lowest BCUT2D eigenvalue weighted by molar-refractivity contribution is -0.136. The van der Waals surface area contributed by atoms with Crippen molar-refractivity contribution in [1.82, 2.24) is 9.80 Å². The van der Waals surface area contributed by atoms with E-state index >= 15 is 0 Å². The molecule has 5 rings (SSSR count). The summed E-state index contributed by atoms with van der Waals surface area (Å²) in [4.78, 5) is 46.6. The Morgan fingerprint density at radius 2 is 1.43 bits per heavy atom. The zero-order chi connectivity index (χ0) is 36.1. The van der Waals surface area contributed by atoms with E-state index in [9.17, 15) is 14.4 Å². The second-order valence-corrected chi connectivity index (χ2v) is 14.2. The number of amides is 3. The fraction of sp³-hybridized carbons (Fsp3) is 0.450. The van der Waals surface area contributed by atoms with E-state index in [-0.39, 0.29) is 37.0 Å². The highest BCUT2D eigenvalue weighted by Crippen LogP contribution is 2.49. The molecule has 1 aliphatic heterocycles. The molecule has 1 unspecified atom stereocenters. The number of nitrogens with zero attached hydrogens (tertiary/aromatic N) is 3. The fourth-order valence-corrected chi connectivity index (χ4v) is 7.66. The van der Waals surface area contributed by atoms with E-state index < -0.39 is 18.2 Å². The average Bonchev–Trinajstić information content (AvgIpc) is 3.16. The van der Waals surface area contributed by atoms with Crippen molar-refractivity contribution >= 4 is 35.7 Å². The summed E-state index contributed by atoms with van der Waals surface area (Å²) >= 11 is 6.03. The van der Waals surface area contributed by atoms with E-state index in [2.05, 4.69) is 4.99 Å². The molecule has 51 heavy (non-hydrogen) atoms. The quantitative estimate of drug-likeness (QED) is 0.146. The molecule has 0 bridgehead atoms. The molecule has 3 aromatic rings. The van der Waals surface area contributed by atoms with Crippen LogP contribution in [0.5, 0.6) is 0 Å².